The van der Waals surface area contributed by atoms with Gasteiger partial charge >= 0.3 is 0 Å². The Hall–Kier alpha value is -2.00. The SMILES string of the molecule is Cc1nnc(CN2CCC(CNC(=O)C3CCOCC3)CC2)o1.O=CO. The number of hydrogen-bond acceptors (Lipinski definition) is 7. The molecule has 0 atom stereocenters. The Labute approximate surface area is 153 Å². The first-order valence-corrected chi connectivity index (χ1v) is 9.07. The molecule has 0 aromatic carbocycles. The van der Waals surface area contributed by atoms with Crippen LogP contribution in [-0.2, 0) is 20.9 Å². The Morgan fingerprint density at radius 2 is 1.92 bits per heavy atom. The van der Waals surface area contributed by atoms with E-state index in [-0.39, 0.29) is 18.3 Å². The number of likely N-dealkylation sites (tertiary alicyclic amines) is 1. The molecule has 2 N–H and O–H groups in total. The number of carbonyl (C=O) groups is 2. The first kappa shape index (κ1) is 20.3. The van der Waals surface area contributed by atoms with E-state index in [1.165, 1.54) is 0 Å². The van der Waals surface area contributed by atoms with Crippen LogP contribution in [0.3, 0.4) is 0 Å². The second-order valence-electron chi connectivity index (χ2n) is 6.67. The van der Waals surface area contributed by atoms with E-state index in [4.69, 9.17) is 19.1 Å². The lowest BCUT2D eigenvalue weighted by Crippen LogP contribution is -2.41. The van der Waals surface area contributed by atoms with E-state index in [0.717, 1.165) is 51.9 Å². The minimum atomic E-state index is -0.250. The summed E-state index contributed by atoms with van der Waals surface area (Å²) in [6.07, 6.45) is 3.91. The Kier molecular flexibility index (Phi) is 8.49. The number of aryl methyl sites for hydroxylation is 1. The topological polar surface area (TPSA) is 118 Å². The Morgan fingerprint density at radius 1 is 1.27 bits per heavy atom. The van der Waals surface area contributed by atoms with Crippen molar-refractivity contribution in [3.8, 4) is 0 Å². The number of amides is 1. The van der Waals surface area contributed by atoms with Gasteiger partial charge in [-0.2, -0.15) is 0 Å². The van der Waals surface area contributed by atoms with Gasteiger partial charge in [-0.3, -0.25) is 14.5 Å². The first-order valence-electron chi connectivity index (χ1n) is 9.07. The van der Waals surface area contributed by atoms with Crippen molar-refractivity contribution in [3.63, 3.8) is 0 Å². The fourth-order valence-electron chi connectivity index (χ4n) is 3.29. The number of carboxylic acid groups (broad SMARTS) is 1. The van der Waals surface area contributed by atoms with Gasteiger partial charge in [-0.15, -0.1) is 10.2 Å². The van der Waals surface area contributed by atoms with Gasteiger partial charge in [-0.1, -0.05) is 0 Å². The predicted molar refractivity (Wildman–Crippen MR) is 92.3 cm³/mol. The molecular weight excluding hydrogens is 340 g/mol. The molecule has 3 heterocycles. The highest BCUT2D eigenvalue weighted by Gasteiger charge is 2.24. The first-order chi connectivity index (χ1) is 12.6. The third-order valence-electron chi connectivity index (χ3n) is 4.79. The molecule has 0 aliphatic carbocycles. The van der Waals surface area contributed by atoms with E-state index in [2.05, 4.69) is 20.4 Å². The predicted octanol–water partition coefficient (Wildman–Crippen LogP) is 0.834. The van der Waals surface area contributed by atoms with Crippen molar-refractivity contribution in [2.75, 3.05) is 32.8 Å². The number of aromatic nitrogens is 2. The summed E-state index contributed by atoms with van der Waals surface area (Å²) < 4.78 is 10.7. The normalized spacial score (nSPS) is 19.4. The molecule has 2 aliphatic heterocycles. The van der Waals surface area contributed by atoms with Crippen molar-refractivity contribution < 1.29 is 23.8 Å². The molecule has 0 unspecified atom stereocenters. The maximum atomic E-state index is 12.1. The standard InChI is InChI=1S/C16H26N4O3.CH2O2/c1-12-18-19-15(23-12)11-20-6-2-13(3-7-20)10-17-16(21)14-4-8-22-9-5-14;2-1-3/h13-14H,2-11H2,1H3,(H,17,21);1H,(H,2,3). The Morgan fingerprint density at radius 3 is 2.50 bits per heavy atom. The monoisotopic (exact) mass is 368 g/mol. The molecule has 0 spiro atoms. The van der Waals surface area contributed by atoms with Gasteiger partial charge in [0, 0.05) is 32.6 Å². The van der Waals surface area contributed by atoms with Crippen molar-refractivity contribution in [1.29, 1.82) is 0 Å². The number of carbonyl (C=O) groups excluding carboxylic acids is 1. The van der Waals surface area contributed by atoms with Crippen LogP contribution in [-0.4, -0.2) is 65.4 Å². The summed E-state index contributed by atoms with van der Waals surface area (Å²) in [7, 11) is 0. The smallest absolute Gasteiger partial charge is 0.290 e. The Balaban J connectivity index is 0.000000758. The third-order valence-corrected chi connectivity index (χ3v) is 4.79. The van der Waals surface area contributed by atoms with Crippen molar-refractivity contribution >= 4 is 12.4 Å². The quantitative estimate of drug-likeness (QED) is 0.734. The highest BCUT2D eigenvalue weighted by atomic mass is 16.5. The van der Waals surface area contributed by atoms with Gasteiger partial charge in [0.15, 0.2) is 0 Å². The number of nitrogens with one attached hydrogen (secondary N) is 1. The van der Waals surface area contributed by atoms with Crippen LogP contribution in [0.15, 0.2) is 4.42 Å². The molecule has 2 fully saturated rings. The molecule has 3 rings (SSSR count). The fourth-order valence-corrected chi connectivity index (χ4v) is 3.29. The number of rotatable bonds is 5. The highest BCUT2D eigenvalue weighted by Crippen LogP contribution is 2.19. The molecule has 146 valence electrons. The van der Waals surface area contributed by atoms with Crippen LogP contribution in [0.2, 0.25) is 0 Å². The summed E-state index contributed by atoms with van der Waals surface area (Å²) in [6.45, 7) is 6.53. The van der Waals surface area contributed by atoms with Crippen molar-refractivity contribution in [2.45, 2.75) is 39.2 Å². The van der Waals surface area contributed by atoms with Crippen molar-refractivity contribution in [3.05, 3.63) is 11.8 Å². The zero-order valence-electron chi connectivity index (χ0n) is 15.2. The molecule has 0 saturated carbocycles. The number of piperidine rings is 1. The molecule has 1 aromatic rings. The average molecular weight is 368 g/mol. The van der Waals surface area contributed by atoms with Gasteiger partial charge in [0.05, 0.1) is 6.54 Å². The van der Waals surface area contributed by atoms with E-state index < -0.39 is 0 Å². The van der Waals surface area contributed by atoms with Crippen LogP contribution >= 0.6 is 0 Å². The minimum Gasteiger partial charge on any atom is -0.483 e. The van der Waals surface area contributed by atoms with Crippen LogP contribution in [0, 0.1) is 18.8 Å². The van der Waals surface area contributed by atoms with Crippen molar-refractivity contribution in [1.82, 2.24) is 20.4 Å². The van der Waals surface area contributed by atoms with E-state index in [1.807, 2.05) is 6.92 Å². The molecule has 26 heavy (non-hydrogen) atoms. The van der Waals surface area contributed by atoms with Crippen LogP contribution < -0.4 is 5.32 Å². The lowest BCUT2D eigenvalue weighted by atomic mass is 9.95. The zero-order chi connectivity index (χ0) is 18.8. The second kappa shape index (κ2) is 10.9. The van der Waals surface area contributed by atoms with Crippen LogP contribution in [0.5, 0.6) is 0 Å². The molecule has 9 nitrogen and oxygen atoms in total. The molecular formula is C17H28N4O5. The summed E-state index contributed by atoms with van der Waals surface area (Å²) in [5.41, 5.74) is 0. The van der Waals surface area contributed by atoms with E-state index in [1.54, 1.807) is 0 Å². The summed E-state index contributed by atoms with van der Waals surface area (Å²) >= 11 is 0. The number of ether oxygens (including phenoxy) is 1. The van der Waals surface area contributed by atoms with Gasteiger partial charge in [0.2, 0.25) is 17.7 Å². The second-order valence-corrected chi connectivity index (χ2v) is 6.67. The number of nitrogens with zero attached hydrogens (tertiary/aromatic N) is 3. The lowest BCUT2D eigenvalue weighted by Gasteiger charge is -2.31. The zero-order valence-corrected chi connectivity index (χ0v) is 15.2. The number of hydrogen-bond donors (Lipinski definition) is 2. The molecule has 2 aliphatic rings. The maximum absolute atomic E-state index is 12.1. The molecule has 0 bridgehead atoms. The highest BCUT2D eigenvalue weighted by molar-refractivity contribution is 5.78. The molecule has 1 aromatic heterocycles. The minimum absolute atomic E-state index is 0.143. The maximum Gasteiger partial charge on any atom is 0.290 e. The van der Waals surface area contributed by atoms with E-state index in [0.29, 0.717) is 30.9 Å². The largest absolute Gasteiger partial charge is 0.483 e. The van der Waals surface area contributed by atoms with Crippen molar-refractivity contribution in [2.24, 2.45) is 11.8 Å². The molecule has 2 saturated heterocycles. The lowest BCUT2D eigenvalue weighted by molar-refractivity contribution is -0.128. The van der Waals surface area contributed by atoms with Gasteiger partial charge < -0.3 is 19.6 Å². The molecule has 0 radical (unpaired) electrons. The van der Waals surface area contributed by atoms with Gasteiger partial charge in [0.25, 0.3) is 6.47 Å². The summed E-state index contributed by atoms with van der Waals surface area (Å²) in [5, 5.41) is 17.9. The van der Waals surface area contributed by atoms with Crippen LogP contribution in [0.25, 0.3) is 0 Å². The Bertz CT molecular complexity index is 551. The average Bonchev–Trinajstić information content (AvgIpc) is 3.07. The van der Waals surface area contributed by atoms with Crippen LogP contribution in [0.1, 0.15) is 37.5 Å². The molecule has 9 heteroatoms. The van der Waals surface area contributed by atoms with E-state index >= 15 is 0 Å². The summed E-state index contributed by atoms with van der Waals surface area (Å²) in [6, 6.07) is 0. The fraction of sp³-hybridized carbons (Fsp3) is 0.765. The summed E-state index contributed by atoms with van der Waals surface area (Å²) in [5.74, 6) is 2.22. The molecule has 1 amide bonds. The van der Waals surface area contributed by atoms with Crippen LogP contribution in [0.4, 0.5) is 0 Å². The summed E-state index contributed by atoms with van der Waals surface area (Å²) in [4.78, 5) is 22.8. The van der Waals surface area contributed by atoms with Gasteiger partial charge in [0.1, 0.15) is 0 Å². The van der Waals surface area contributed by atoms with Gasteiger partial charge in [-0.05, 0) is 44.7 Å². The van der Waals surface area contributed by atoms with E-state index in [9.17, 15) is 4.79 Å². The van der Waals surface area contributed by atoms with Gasteiger partial charge in [-0.25, -0.2) is 0 Å². The third kappa shape index (κ3) is 6.72.